The van der Waals surface area contributed by atoms with Crippen LogP contribution in [0.3, 0.4) is 0 Å². The van der Waals surface area contributed by atoms with Gasteiger partial charge >= 0.3 is 0 Å². The van der Waals surface area contributed by atoms with E-state index in [1.54, 1.807) is 12.1 Å². The van der Waals surface area contributed by atoms with Crippen LogP contribution in [0.4, 0.5) is 4.39 Å². The van der Waals surface area contributed by atoms with Crippen LogP contribution in [-0.2, 0) is 15.9 Å². The molecule has 0 radical (unpaired) electrons. The van der Waals surface area contributed by atoms with Gasteiger partial charge in [0.05, 0.1) is 19.3 Å². The van der Waals surface area contributed by atoms with Crippen LogP contribution in [-0.4, -0.2) is 18.8 Å². The molecule has 2 aliphatic heterocycles. The summed E-state index contributed by atoms with van der Waals surface area (Å²) < 4.78 is 25.6. The maximum absolute atomic E-state index is 13.8. The molecule has 2 aromatic rings. The molecule has 1 spiro atoms. The van der Waals surface area contributed by atoms with Gasteiger partial charge < -0.3 is 9.47 Å². The Bertz CT molecular complexity index is 780. The fourth-order valence-electron chi connectivity index (χ4n) is 4.06. The Labute approximate surface area is 155 Å². The standard InChI is InChI=1S/C19H17FO2.C4H10/c20-14-6-5-13-7-12-3-1-2-4-15(12)17-9-19(11-22-19)10-21-18(17)16(13)8-14;1-3-4-2/h1-6,8,17-18H,7,9-11H2;3-4H2,1-2H3. The minimum atomic E-state index is -0.185. The molecule has 2 saturated heterocycles. The van der Waals surface area contributed by atoms with Crippen LogP contribution in [0, 0.1) is 5.82 Å². The Kier molecular flexibility index (Phi) is 4.85. The fourth-order valence-corrected chi connectivity index (χ4v) is 4.06. The number of ether oxygens (including phenoxy) is 2. The Morgan fingerprint density at radius 1 is 1.00 bits per heavy atom. The smallest absolute Gasteiger partial charge is 0.123 e. The second-order valence-corrected chi connectivity index (χ2v) is 7.73. The van der Waals surface area contributed by atoms with Gasteiger partial charge in [-0.2, -0.15) is 0 Å². The normalized spacial score (nSPS) is 28.1. The minimum absolute atomic E-state index is 0.0656. The Balaban J connectivity index is 0.000000385. The van der Waals surface area contributed by atoms with Gasteiger partial charge in [0.25, 0.3) is 0 Å². The summed E-state index contributed by atoms with van der Waals surface area (Å²) in [6.45, 7) is 5.76. The summed E-state index contributed by atoms with van der Waals surface area (Å²) in [6.07, 6.45) is 4.38. The molecule has 2 heterocycles. The molecule has 3 unspecified atom stereocenters. The van der Waals surface area contributed by atoms with E-state index in [0.29, 0.717) is 6.61 Å². The molecule has 3 heteroatoms. The number of unbranched alkanes of at least 4 members (excludes halogenated alkanes) is 1. The molecular formula is C23H27FO2. The largest absolute Gasteiger partial charge is 0.370 e. The lowest BCUT2D eigenvalue weighted by atomic mass is 9.80. The molecule has 3 atom stereocenters. The van der Waals surface area contributed by atoms with Gasteiger partial charge in [-0.05, 0) is 47.2 Å². The highest BCUT2D eigenvalue weighted by molar-refractivity contribution is 5.45. The molecular weight excluding hydrogens is 327 g/mol. The molecule has 5 rings (SSSR count). The zero-order valence-electron chi connectivity index (χ0n) is 15.6. The SMILES string of the molecule is CCCC.Fc1ccc2c(c1)C1OCC3(CO3)CC1c1ccccc1C2. The number of epoxide rings is 1. The number of halogens is 1. The molecule has 26 heavy (non-hydrogen) atoms. The molecule has 0 amide bonds. The van der Waals surface area contributed by atoms with Gasteiger partial charge in [-0.3, -0.25) is 0 Å². The molecule has 3 aliphatic rings. The average Bonchev–Trinajstić information content (AvgIpc) is 3.44. The maximum atomic E-state index is 13.8. The quantitative estimate of drug-likeness (QED) is 0.626. The lowest BCUT2D eigenvalue weighted by molar-refractivity contribution is -0.0456. The summed E-state index contributed by atoms with van der Waals surface area (Å²) in [5, 5.41) is 0. The lowest BCUT2D eigenvalue weighted by Gasteiger charge is -2.35. The van der Waals surface area contributed by atoms with E-state index in [1.165, 1.54) is 29.5 Å². The second-order valence-electron chi connectivity index (χ2n) is 7.73. The van der Waals surface area contributed by atoms with Gasteiger partial charge in [0.1, 0.15) is 11.4 Å². The first-order valence-electron chi connectivity index (χ1n) is 9.77. The van der Waals surface area contributed by atoms with Crippen LogP contribution in [0.5, 0.6) is 0 Å². The molecule has 1 aliphatic carbocycles. The van der Waals surface area contributed by atoms with Crippen LogP contribution >= 0.6 is 0 Å². The summed E-state index contributed by atoms with van der Waals surface area (Å²) in [4.78, 5) is 0. The highest BCUT2D eigenvalue weighted by Crippen LogP contribution is 2.52. The monoisotopic (exact) mass is 354 g/mol. The summed E-state index contributed by atoms with van der Waals surface area (Å²) in [5.74, 6) is 0.0607. The lowest BCUT2D eigenvalue weighted by Crippen LogP contribution is -2.33. The highest BCUT2D eigenvalue weighted by atomic mass is 19.1. The van der Waals surface area contributed by atoms with Crippen molar-refractivity contribution in [3.63, 3.8) is 0 Å². The molecule has 2 aromatic carbocycles. The predicted octanol–water partition coefficient (Wildman–Crippen LogP) is 5.55. The van der Waals surface area contributed by atoms with Crippen molar-refractivity contribution in [2.45, 2.75) is 57.2 Å². The third kappa shape index (κ3) is 3.30. The highest BCUT2D eigenvalue weighted by Gasteiger charge is 2.53. The number of hydrogen-bond acceptors (Lipinski definition) is 2. The van der Waals surface area contributed by atoms with Crippen molar-refractivity contribution in [2.75, 3.05) is 13.2 Å². The van der Waals surface area contributed by atoms with Gasteiger partial charge in [-0.15, -0.1) is 0 Å². The van der Waals surface area contributed by atoms with Gasteiger partial charge in [0.15, 0.2) is 0 Å². The molecule has 0 bridgehead atoms. The first-order chi connectivity index (χ1) is 12.7. The number of rotatable bonds is 1. The maximum Gasteiger partial charge on any atom is 0.123 e. The van der Waals surface area contributed by atoms with E-state index in [1.807, 2.05) is 6.07 Å². The molecule has 138 valence electrons. The molecule has 2 nitrogen and oxygen atoms in total. The Morgan fingerprint density at radius 3 is 2.46 bits per heavy atom. The van der Waals surface area contributed by atoms with Crippen molar-refractivity contribution < 1.29 is 13.9 Å². The van der Waals surface area contributed by atoms with Gasteiger partial charge in [0.2, 0.25) is 0 Å². The summed E-state index contributed by atoms with van der Waals surface area (Å²) in [6, 6.07) is 13.7. The fraction of sp³-hybridized carbons (Fsp3) is 0.478. The van der Waals surface area contributed by atoms with Gasteiger partial charge in [-0.25, -0.2) is 4.39 Å². The van der Waals surface area contributed by atoms with Crippen molar-refractivity contribution in [2.24, 2.45) is 0 Å². The van der Waals surface area contributed by atoms with Crippen molar-refractivity contribution in [1.29, 1.82) is 0 Å². The topological polar surface area (TPSA) is 21.8 Å². The molecule has 2 fully saturated rings. The third-order valence-corrected chi connectivity index (χ3v) is 5.79. The van der Waals surface area contributed by atoms with Crippen LogP contribution in [0.25, 0.3) is 0 Å². The first kappa shape index (κ1) is 17.7. The molecule has 0 saturated carbocycles. The average molecular weight is 354 g/mol. The van der Waals surface area contributed by atoms with Crippen LogP contribution in [0.1, 0.15) is 67.4 Å². The molecule has 0 N–H and O–H groups in total. The van der Waals surface area contributed by atoms with Crippen LogP contribution in [0.15, 0.2) is 42.5 Å². The van der Waals surface area contributed by atoms with E-state index in [4.69, 9.17) is 9.47 Å². The van der Waals surface area contributed by atoms with E-state index in [2.05, 4.69) is 38.1 Å². The van der Waals surface area contributed by atoms with E-state index >= 15 is 0 Å². The van der Waals surface area contributed by atoms with E-state index in [-0.39, 0.29) is 23.4 Å². The van der Waals surface area contributed by atoms with Crippen molar-refractivity contribution >= 4 is 0 Å². The van der Waals surface area contributed by atoms with Crippen molar-refractivity contribution in [3.8, 4) is 0 Å². The molecule has 0 aromatic heterocycles. The van der Waals surface area contributed by atoms with Crippen molar-refractivity contribution in [3.05, 3.63) is 70.5 Å². The summed E-state index contributed by atoms with van der Waals surface area (Å²) in [7, 11) is 0. The van der Waals surface area contributed by atoms with E-state index < -0.39 is 0 Å². The predicted molar refractivity (Wildman–Crippen MR) is 101 cm³/mol. The number of benzene rings is 2. The van der Waals surface area contributed by atoms with Gasteiger partial charge in [0, 0.05) is 5.92 Å². The minimum Gasteiger partial charge on any atom is -0.370 e. The van der Waals surface area contributed by atoms with Crippen LogP contribution < -0.4 is 0 Å². The number of hydrogen-bond donors (Lipinski definition) is 0. The summed E-state index contributed by atoms with van der Waals surface area (Å²) >= 11 is 0. The third-order valence-electron chi connectivity index (χ3n) is 5.79. The van der Waals surface area contributed by atoms with Crippen LogP contribution in [0.2, 0.25) is 0 Å². The first-order valence-corrected chi connectivity index (χ1v) is 9.77. The Hall–Kier alpha value is -1.71. The zero-order valence-corrected chi connectivity index (χ0v) is 15.6. The second kappa shape index (κ2) is 7.13. The van der Waals surface area contributed by atoms with E-state index in [9.17, 15) is 4.39 Å². The Morgan fingerprint density at radius 2 is 1.73 bits per heavy atom. The van der Waals surface area contributed by atoms with Crippen molar-refractivity contribution in [1.82, 2.24) is 0 Å². The summed E-state index contributed by atoms with van der Waals surface area (Å²) in [5.41, 5.74) is 4.75. The van der Waals surface area contributed by atoms with E-state index in [0.717, 1.165) is 25.0 Å². The number of fused-ring (bicyclic) bond motifs is 5. The zero-order chi connectivity index (χ0) is 18.1. The van der Waals surface area contributed by atoms with Gasteiger partial charge in [-0.1, -0.05) is 57.0 Å².